The lowest BCUT2D eigenvalue weighted by molar-refractivity contribution is 0.0314. The molecule has 26 heavy (non-hydrogen) atoms. The van der Waals surface area contributed by atoms with Crippen LogP contribution in [0.3, 0.4) is 0 Å². The maximum atomic E-state index is 13.4. The third-order valence-electron chi connectivity index (χ3n) is 7.22. The number of hydrogen-bond donors (Lipinski definition) is 1. The van der Waals surface area contributed by atoms with E-state index in [-0.39, 0.29) is 30.0 Å². The van der Waals surface area contributed by atoms with Gasteiger partial charge in [-0.05, 0) is 75.0 Å². The van der Waals surface area contributed by atoms with Crippen molar-refractivity contribution >= 4 is 6.03 Å². The van der Waals surface area contributed by atoms with E-state index in [0.29, 0.717) is 18.0 Å². The Balaban J connectivity index is 1.33. The van der Waals surface area contributed by atoms with Crippen molar-refractivity contribution in [3.63, 3.8) is 0 Å². The zero-order valence-electron chi connectivity index (χ0n) is 15.1. The number of carbonyl (C=O) groups excluding carboxylic acids is 1. The Morgan fingerprint density at radius 1 is 0.846 bits per heavy atom. The van der Waals surface area contributed by atoms with Crippen molar-refractivity contribution in [3.05, 3.63) is 35.6 Å². The van der Waals surface area contributed by atoms with E-state index in [1.54, 1.807) is 12.1 Å². The average molecular weight is 358 g/mol. The highest BCUT2D eigenvalue weighted by atomic mass is 19.1. The van der Waals surface area contributed by atoms with Crippen molar-refractivity contribution in [3.8, 4) is 0 Å². The van der Waals surface area contributed by atoms with Gasteiger partial charge in [-0.1, -0.05) is 12.1 Å². The van der Waals surface area contributed by atoms with Gasteiger partial charge in [-0.3, -0.25) is 0 Å². The Morgan fingerprint density at radius 2 is 1.31 bits per heavy atom. The van der Waals surface area contributed by atoms with Crippen molar-refractivity contribution in [1.29, 1.82) is 0 Å². The van der Waals surface area contributed by atoms with Crippen molar-refractivity contribution in [2.45, 2.75) is 87.6 Å². The summed E-state index contributed by atoms with van der Waals surface area (Å²) in [5, 5.41) is 10.0. The molecule has 0 spiro atoms. The first kappa shape index (κ1) is 16.5. The Kier molecular flexibility index (Phi) is 3.96. The number of benzene rings is 1. The second-order valence-electron chi connectivity index (χ2n) is 8.71. The first-order valence-corrected chi connectivity index (χ1v) is 10.1. The summed E-state index contributed by atoms with van der Waals surface area (Å²) in [7, 11) is 0. The minimum atomic E-state index is -0.238. The number of piperidine rings is 2. The van der Waals surface area contributed by atoms with Crippen molar-refractivity contribution in [2.24, 2.45) is 0 Å². The maximum absolute atomic E-state index is 13.4. The van der Waals surface area contributed by atoms with Gasteiger partial charge in [-0.15, -0.1) is 0 Å². The number of hydrogen-bond acceptors (Lipinski definition) is 2. The van der Waals surface area contributed by atoms with Crippen molar-refractivity contribution in [1.82, 2.24) is 9.80 Å². The molecule has 4 aliphatic rings. The molecule has 0 saturated carbocycles. The fourth-order valence-electron chi connectivity index (χ4n) is 6.09. The van der Waals surface area contributed by atoms with Crippen molar-refractivity contribution < 1.29 is 14.3 Å². The van der Waals surface area contributed by atoms with Crippen LogP contribution in [0, 0.1) is 5.82 Å². The molecule has 4 bridgehead atoms. The topological polar surface area (TPSA) is 43.8 Å². The van der Waals surface area contributed by atoms with Gasteiger partial charge in [-0.2, -0.15) is 0 Å². The summed E-state index contributed by atoms with van der Waals surface area (Å²) in [6.45, 7) is 0. The molecule has 4 saturated heterocycles. The van der Waals surface area contributed by atoms with Crippen LogP contribution in [0.2, 0.25) is 0 Å². The molecule has 4 aliphatic heterocycles. The highest BCUT2D eigenvalue weighted by Gasteiger charge is 2.50. The third kappa shape index (κ3) is 2.63. The monoisotopic (exact) mass is 358 g/mol. The summed E-state index contributed by atoms with van der Waals surface area (Å²) >= 11 is 0. The lowest BCUT2D eigenvalue weighted by atomic mass is 9.85. The van der Waals surface area contributed by atoms with Gasteiger partial charge >= 0.3 is 6.03 Å². The Labute approximate surface area is 154 Å². The van der Waals surface area contributed by atoms with Crippen LogP contribution >= 0.6 is 0 Å². The summed E-state index contributed by atoms with van der Waals surface area (Å²) in [4.78, 5) is 17.7. The first-order chi connectivity index (χ1) is 12.6. The average Bonchev–Trinajstić information content (AvgIpc) is 3.05. The number of rotatable bonds is 1. The van der Waals surface area contributed by atoms with E-state index in [1.165, 1.54) is 5.56 Å². The Bertz CT molecular complexity index is 666. The predicted octanol–water partition coefficient (Wildman–Crippen LogP) is 3.64. The SMILES string of the molecule is O=C(N1C2CCC1CC(O)C2)N1C2CCC1CC(c1ccc(F)cc1)C2. The van der Waals surface area contributed by atoms with Gasteiger partial charge in [0.05, 0.1) is 6.10 Å². The Hall–Kier alpha value is -1.62. The summed E-state index contributed by atoms with van der Waals surface area (Å²) in [5.74, 6) is 0.240. The zero-order chi connectivity index (χ0) is 17.8. The van der Waals surface area contributed by atoms with Crippen LogP contribution in [0.25, 0.3) is 0 Å². The quantitative estimate of drug-likeness (QED) is 0.833. The largest absolute Gasteiger partial charge is 0.393 e. The van der Waals surface area contributed by atoms with Gasteiger partial charge in [0.15, 0.2) is 0 Å². The third-order valence-corrected chi connectivity index (χ3v) is 7.22. The maximum Gasteiger partial charge on any atom is 0.321 e. The molecule has 0 radical (unpaired) electrons. The van der Waals surface area contributed by atoms with Crippen LogP contribution in [0.1, 0.15) is 62.8 Å². The summed E-state index contributed by atoms with van der Waals surface area (Å²) < 4.78 is 13.2. The molecule has 0 aliphatic carbocycles. The smallest absolute Gasteiger partial charge is 0.321 e. The minimum absolute atomic E-state index is 0.188. The van der Waals surface area contributed by atoms with Crippen molar-refractivity contribution in [2.75, 3.05) is 0 Å². The predicted molar refractivity (Wildman–Crippen MR) is 96.3 cm³/mol. The molecule has 4 unspecified atom stereocenters. The molecule has 140 valence electrons. The fraction of sp³-hybridized carbons (Fsp3) is 0.667. The Morgan fingerprint density at radius 3 is 1.81 bits per heavy atom. The molecular formula is C21H27FN2O2. The lowest BCUT2D eigenvalue weighted by Crippen LogP contribution is -2.57. The number of aliphatic hydroxyl groups is 1. The highest BCUT2D eigenvalue weighted by Crippen LogP contribution is 2.45. The zero-order valence-corrected chi connectivity index (χ0v) is 15.1. The van der Waals surface area contributed by atoms with Gasteiger partial charge in [-0.25, -0.2) is 9.18 Å². The van der Waals surface area contributed by atoms with E-state index in [0.717, 1.165) is 51.4 Å². The molecule has 1 N–H and O–H groups in total. The fourth-order valence-corrected chi connectivity index (χ4v) is 6.09. The second-order valence-corrected chi connectivity index (χ2v) is 8.71. The highest BCUT2D eigenvalue weighted by molar-refractivity contribution is 5.77. The van der Waals surface area contributed by atoms with Crippen LogP contribution in [0.5, 0.6) is 0 Å². The van der Waals surface area contributed by atoms with Gasteiger partial charge in [0, 0.05) is 24.2 Å². The number of halogens is 1. The molecule has 2 amide bonds. The number of fused-ring (bicyclic) bond motifs is 4. The molecule has 1 aromatic carbocycles. The summed E-state index contributed by atoms with van der Waals surface area (Å²) in [5.41, 5.74) is 1.21. The number of nitrogens with zero attached hydrogens (tertiary/aromatic N) is 2. The van der Waals surface area contributed by atoms with E-state index in [4.69, 9.17) is 0 Å². The number of carbonyl (C=O) groups is 1. The van der Waals surface area contributed by atoms with Crippen LogP contribution < -0.4 is 0 Å². The van der Waals surface area contributed by atoms with E-state index in [1.807, 2.05) is 12.1 Å². The van der Waals surface area contributed by atoms with Crippen LogP contribution in [-0.2, 0) is 0 Å². The summed E-state index contributed by atoms with van der Waals surface area (Å²) in [6.07, 6.45) is 7.45. The van der Waals surface area contributed by atoms with Gasteiger partial charge in [0.1, 0.15) is 5.82 Å². The first-order valence-electron chi connectivity index (χ1n) is 10.1. The van der Waals surface area contributed by atoms with Crippen LogP contribution in [-0.4, -0.2) is 51.2 Å². The molecule has 4 heterocycles. The molecule has 1 aromatic rings. The van der Waals surface area contributed by atoms with E-state index >= 15 is 0 Å². The van der Waals surface area contributed by atoms with Gasteiger partial charge < -0.3 is 14.9 Å². The molecule has 4 nitrogen and oxygen atoms in total. The molecule has 4 atom stereocenters. The van der Waals surface area contributed by atoms with E-state index < -0.39 is 0 Å². The van der Waals surface area contributed by atoms with Gasteiger partial charge in [0.2, 0.25) is 0 Å². The van der Waals surface area contributed by atoms with Gasteiger partial charge in [0.25, 0.3) is 0 Å². The number of aliphatic hydroxyl groups excluding tert-OH is 1. The molecule has 0 aromatic heterocycles. The molecule has 5 heteroatoms. The minimum Gasteiger partial charge on any atom is -0.393 e. The number of urea groups is 1. The lowest BCUT2D eigenvalue weighted by Gasteiger charge is -2.45. The molecule has 5 rings (SSSR count). The summed E-state index contributed by atoms with van der Waals surface area (Å²) in [6, 6.07) is 8.19. The van der Waals surface area contributed by atoms with E-state index in [2.05, 4.69) is 9.80 Å². The molecular weight excluding hydrogens is 331 g/mol. The second kappa shape index (κ2) is 6.22. The standard InChI is InChI=1S/C21H27FN2O2/c22-15-3-1-13(2-4-15)14-9-16-5-6-17(10-14)23(16)21(26)24-18-7-8-19(24)12-20(25)11-18/h1-4,14,16-20,25H,5-12H2. The normalized spacial score (nSPS) is 38.7. The molecule has 4 fully saturated rings. The van der Waals surface area contributed by atoms with E-state index in [9.17, 15) is 14.3 Å². The number of amides is 2. The van der Waals surface area contributed by atoms with Crippen LogP contribution in [0.15, 0.2) is 24.3 Å². The van der Waals surface area contributed by atoms with Crippen LogP contribution in [0.4, 0.5) is 9.18 Å².